The summed E-state index contributed by atoms with van der Waals surface area (Å²) >= 11 is 0. The van der Waals surface area contributed by atoms with Gasteiger partial charge in [-0.15, -0.1) is 0 Å². The van der Waals surface area contributed by atoms with Crippen LogP contribution in [0.5, 0.6) is 0 Å². The molecule has 0 unspecified atom stereocenters. The Bertz CT molecular complexity index is 646. The van der Waals surface area contributed by atoms with E-state index >= 15 is 0 Å². The molecule has 114 valence electrons. The zero-order valence-electron chi connectivity index (χ0n) is 12.8. The lowest BCUT2D eigenvalue weighted by Gasteiger charge is -2.07. The molecule has 0 bridgehead atoms. The smallest absolute Gasteiger partial charge is 0.233 e. The lowest BCUT2D eigenvalue weighted by Crippen LogP contribution is -2.21. The van der Waals surface area contributed by atoms with Gasteiger partial charge in [-0.1, -0.05) is 36.8 Å². The molecule has 2 amide bonds. The van der Waals surface area contributed by atoms with Gasteiger partial charge >= 0.3 is 0 Å². The third kappa shape index (κ3) is 4.74. The summed E-state index contributed by atoms with van der Waals surface area (Å²) in [5, 5.41) is 5.42. The molecule has 0 aliphatic rings. The second kappa shape index (κ2) is 7.41. The average molecular weight is 296 g/mol. The largest absolute Gasteiger partial charge is 0.326 e. The molecule has 2 N–H and O–H groups in total. The molecule has 0 saturated carbocycles. The van der Waals surface area contributed by atoms with Crippen molar-refractivity contribution in [1.29, 1.82) is 0 Å². The molecule has 2 aromatic rings. The molecule has 22 heavy (non-hydrogen) atoms. The average Bonchev–Trinajstić information content (AvgIpc) is 2.50. The fourth-order valence-electron chi connectivity index (χ4n) is 2.02. The van der Waals surface area contributed by atoms with E-state index in [-0.39, 0.29) is 18.2 Å². The maximum absolute atomic E-state index is 11.8. The molecule has 0 aromatic heterocycles. The minimum atomic E-state index is -0.327. The number of rotatable bonds is 5. The van der Waals surface area contributed by atoms with Gasteiger partial charge in [0.15, 0.2) is 0 Å². The van der Waals surface area contributed by atoms with Gasteiger partial charge in [0.1, 0.15) is 6.42 Å². The van der Waals surface area contributed by atoms with Crippen molar-refractivity contribution >= 4 is 23.2 Å². The van der Waals surface area contributed by atoms with Gasteiger partial charge in [-0.3, -0.25) is 9.59 Å². The lowest BCUT2D eigenvalue weighted by molar-refractivity contribution is -0.123. The van der Waals surface area contributed by atoms with Crippen molar-refractivity contribution in [1.82, 2.24) is 0 Å². The standard InChI is InChI=1S/C18H20N2O2/c1-3-14-6-10-16(11-7-14)20-18(22)12-17(21)19-15-8-4-13(2)5-9-15/h4-11H,3,12H2,1-2H3,(H,19,21)(H,20,22). The maximum Gasteiger partial charge on any atom is 0.233 e. The van der Waals surface area contributed by atoms with E-state index in [0.29, 0.717) is 11.4 Å². The molecule has 0 heterocycles. The number of aryl methyl sites for hydroxylation is 2. The van der Waals surface area contributed by atoms with Gasteiger partial charge in [-0.05, 0) is 43.2 Å². The molecular weight excluding hydrogens is 276 g/mol. The summed E-state index contributed by atoms with van der Waals surface area (Å²) in [6, 6.07) is 15.0. The van der Waals surface area contributed by atoms with Crippen LogP contribution >= 0.6 is 0 Å². The van der Waals surface area contributed by atoms with Gasteiger partial charge in [0.05, 0.1) is 0 Å². The maximum atomic E-state index is 11.8. The van der Waals surface area contributed by atoms with Crippen LogP contribution in [0, 0.1) is 6.92 Å². The van der Waals surface area contributed by atoms with Crippen molar-refractivity contribution in [3.05, 3.63) is 59.7 Å². The molecule has 2 rings (SSSR count). The quantitative estimate of drug-likeness (QED) is 0.829. The third-order valence-electron chi connectivity index (χ3n) is 3.30. The van der Waals surface area contributed by atoms with Gasteiger partial charge < -0.3 is 10.6 Å². The molecule has 0 saturated heterocycles. The first-order chi connectivity index (χ1) is 10.6. The fraction of sp³-hybridized carbons (Fsp3) is 0.222. The van der Waals surface area contributed by atoms with E-state index in [9.17, 15) is 9.59 Å². The minimum absolute atomic E-state index is 0.205. The summed E-state index contributed by atoms with van der Waals surface area (Å²) in [4.78, 5) is 23.7. The van der Waals surface area contributed by atoms with Crippen LogP contribution in [0.25, 0.3) is 0 Å². The number of anilines is 2. The number of amides is 2. The number of nitrogens with one attached hydrogen (secondary N) is 2. The Balaban J connectivity index is 1.85. The molecule has 0 aliphatic carbocycles. The van der Waals surface area contributed by atoms with Gasteiger partial charge in [-0.2, -0.15) is 0 Å². The highest BCUT2D eigenvalue weighted by Gasteiger charge is 2.10. The molecule has 0 fully saturated rings. The highest BCUT2D eigenvalue weighted by Crippen LogP contribution is 2.11. The lowest BCUT2D eigenvalue weighted by atomic mass is 10.1. The first kappa shape index (κ1) is 15.8. The Hall–Kier alpha value is -2.62. The summed E-state index contributed by atoms with van der Waals surface area (Å²) in [6.07, 6.45) is 0.747. The van der Waals surface area contributed by atoms with Crippen molar-refractivity contribution in [2.75, 3.05) is 10.6 Å². The predicted octanol–water partition coefficient (Wildman–Crippen LogP) is 3.52. The summed E-state index contributed by atoms with van der Waals surface area (Å²) in [7, 11) is 0. The Morgan fingerprint density at radius 2 is 1.27 bits per heavy atom. The second-order valence-electron chi connectivity index (χ2n) is 5.19. The summed E-state index contributed by atoms with van der Waals surface area (Å²) < 4.78 is 0. The number of carbonyl (C=O) groups is 2. The molecule has 4 heteroatoms. The Morgan fingerprint density at radius 3 is 1.73 bits per heavy atom. The first-order valence-electron chi connectivity index (χ1n) is 7.32. The molecular formula is C18H20N2O2. The van der Waals surface area contributed by atoms with Crippen LogP contribution in [0.2, 0.25) is 0 Å². The van der Waals surface area contributed by atoms with E-state index in [1.807, 2.05) is 55.5 Å². The molecule has 2 aromatic carbocycles. The van der Waals surface area contributed by atoms with Gasteiger partial charge in [0.2, 0.25) is 11.8 Å². The van der Waals surface area contributed by atoms with Crippen molar-refractivity contribution in [3.8, 4) is 0 Å². The van der Waals surface area contributed by atoms with Crippen molar-refractivity contribution in [2.24, 2.45) is 0 Å². The number of carbonyl (C=O) groups excluding carboxylic acids is 2. The van der Waals surface area contributed by atoms with E-state index in [2.05, 4.69) is 17.6 Å². The van der Waals surface area contributed by atoms with Crippen LogP contribution in [-0.4, -0.2) is 11.8 Å². The Kier molecular flexibility index (Phi) is 5.31. The first-order valence-corrected chi connectivity index (χ1v) is 7.32. The molecule has 4 nitrogen and oxygen atoms in total. The summed E-state index contributed by atoms with van der Waals surface area (Å²) in [5.41, 5.74) is 3.71. The van der Waals surface area contributed by atoms with Crippen LogP contribution in [-0.2, 0) is 16.0 Å². The number of benzene rings is 2. The minimum Gasteiger partial charge on any atom is -0.326 e. The SMILES string of the molecule is CCc1ccc(NC(=O)CC(=O)Nc2ccc(C)cc2)cc1. The summed E-state index contributed by atoms with van der Waals surface area (Å²) in [6.45, 7) is 4.05. The van der Waals surface area contributed by atoms with Crippen LogP contribution in [0.15, 0.2) is 48.5 Å². The van der Waals surface area contributed by atoms with E-state index < -0.39 is 0 Å². The zero-order chi connectivity index (χ0) is 15.9. The second-order valence-corrected chi connectivity index (χ2v) is 5.19. The molecule has 0 spiro atoms. The van der Waals surface area contributed by atoms with Crippen molar-refractivity contribution in [2.45, 2.75) is 26.7 Å². The van der Waals surface area contributed by atoms with Crippen molar-refractivity contribution < 1.29 is 9.59 Å². The topological polar surface area (TPSA) is 58.2 Å². The van der Waals surface area contributed by atoms with E-state index in [1.54, 1.807) is 0 Å². The Labute approximate surface area is 130 Å². The highest BCUT2D eigenvalue weighted by atomic mass is 16.2. The molecule has 0 atom stereocenters. The monoisotopic (exact) mass is 296 g/mol. The third-order valence-corrected chi connectivity index (χ3v) is 3.30. The van der Waals surface area contributed by atoms with Crippen LogP contribution in [0.3, 0.4) is 0 Å². The van der Waals surface area contributed by atoms with Crippen LogP contribution in [0.4, 0.5) is 11.4 Å². The van der Waals surface area contributed by atoms with Crippen molar-refractivity contribution in [3.63, 3.8) is 0 Å². The predicted molar refractivity (Wildman–Crippen MR) is 88.9 cm³/mol. The Morgan fingerprint density at radius 1 is 0.818 bits per heavy atom. The molecule has 0 radical (unpaired) electrons. The number of hydrogen-bond acceptors (Lipinski definition) is 2. The molecule has 0 aliphatic heterocycles. The normalized spacial score (nSPS) is 10.1. The van der Waals surface area contributed by atoms with Gasteiger partial charge in [0.25, 0.3) is 0 Å². The van der Waals surface area contributed by atoms with Crippen LogP contribution < -0.4 is 10.6 Å². The summed E-state index contributed by atoms with van der Waals surface area (Å²) in [5.74, 6) is -0.652. The van der Waals surface area contributed by atoms with E-state index in [0.717, 1.165) is 12.0 Å². The van der Waals surface area contributed by atoms with Crippen LogP contribution in [0.1, 0.15) is 24.5 Å². The van der Waals surface area contributed by atoms with E-state index in [4.69, 9.17) is 0 Å². The highest BCUT2D eigenvalue weighted by molar-refractivity contribution is 6.08. The number of hydrogen-bond donors (Lipinski definition) is 2. The fourth-order valence-corrected chi connectivity index (χ4v) is 2.02. The van der Waals surface area contributed by atoms with E-state index in [1.165, 1.54) is 5.56 Å². The van der Waals surface area contributed by atoms with Gasteiger partial charge in [-0.25, -0.2) is 0 Å². The van der Waals surface area contributed by atoms with Gasteiger partial charge in [0, 0.05) is 11.4 Å². The zero-order valence-corrected chi connectivity index (χ0v) is 12.8.